The van der Waals surface area contributed by atoms with Crippen molar-refractivity contribution in [3.63, 3.8) is 0 Å². The van der Waals surface area contributed by atoms with E-state index < -0.39 is 0 Å². The zero-order valence-corrected chi connectivity index (χ0v) is 21.1. The van der Waals surface area contributed by atoms with Gasteiger partial charge in [-0.25, -0.2) is 0 Å². The Morgan fingerprint density at radius 2 is 1.45 bits per heavy atom. The van der Waals surface area contributed by atoms with Crippen LogP contribution >= 0.6 is 24.0 Å². The van der Waals surface area contributed by atoms with E-state index in [2.05, 4.69) is 15.6 Å². The molecule has 0 saturated carbocycles. The van der Waals surface area contributed by atoms with Crippen LogP contribution in [0.25, 0.3) is 0 Å². The summed E-state index contributed by atoms with van der Waals surface area (Å²) in [6, 6.07) is 15.2. The first-order valence-corrected chi connectivity index (χ1v) is 9.87. The predicted molar refractivity (Wildman–Crippen MR) is 136 cm³/mol. The Morgan fingerprint density at radius 3 is 2.03 bits per heavy atom. The van der Waals surface area contributed by atoms with Crippen LogP contribution < -0.4 is 10.6 Å². The van der Waals surface area contributed by atoms with Crippen LogP contribution in [0.2, 0.25) is 0 Å². The number of carbonyl (C=O) groups excluding carboxylic acids is 2. The first-order valence-electron chi connectivity index (χ1n) is 9.87. The maximum Gasteiger partial charge on any atom is 0.253 e. The van der Waals surface area contributed by atoms with Gasteiger partial charge >= 0.3 is 0 Å². The van der Waals surface area contributed by atoms with E-state index in [9.17, 15) is 9.59 Å². The second-order valence-electron chi connectivity index (χ2n) is 7.40. The van der Waals surface area contributed by atoms with Crippen LogP contribution in [0.5, 0.6) is 0 Å². The molecule has 0 atom stereocenters. The minimum Gasteiger partial charge on any atom is -0.356 e. The molecular weight excluding hydrogens is 505 g/mol. The smallest absolute Gasteiger partial charge is 0.253 e. The molecule has 0 aliphatic heterocycles. The van der Waals surface area contributed by atoms with Crippen molar-refractivity contribution in [2.75, 3.05) is 41.8 Å². The summed E-state index contributed by atoms with van der Waals surface area (Å²) >= 11 is 0. The standard InChI is InChI=1S/C23H31N5O2.HI/c1-24-23(26-16-18-9-11-19(12-10-18)21(29)27(2)3)25-14-13-17-7-6-8-20(15-17)22(30)28(4)5;/h6-12,15H,13-14,16H2,1-5H3,(H2,24,25,26);1H. The van der Waals surface area contributed by atoms with E-state index in [4.69, 9.17) is 0 Å². The highest BCUT2D eigenvalue weighted by Gasteiger charge is 2.09. The molecule has 0 fully saturated rings. The molecule has 2 aromatic rings. The summed E-state index contributed by atoms with van der Waals surface area (Å²) in [5, 5.41) is 6.56. The summed E-state index contributed by atoms with van der Waals surface area (Å²) in [5.74, 6) is 0.688. The zero-order chi connectivity index (χ0) is 22.1. The van der Waals surface area contributed by atoms with Crippen molar-refractivity contribution < 1.29 is 9.59 Å². The predicted octanol–water partition coefficient (Wildman–Crippen LogP) is 2.62. The van der Waals surface area contributed by atoms with Crippen LogP contribution in [0.1, 0.15) is 31.8 Å². The van der Waals surface area contributed by atoms with Gasteiger partial charge in [0, 0.05) is 59.5 Å². The molecule has 0 aromatic heterocycles. The van der Waals surface area contributed by atoms with Gasteiger partial charge in [-0.15, -0.1) is 24.0 Å². The van der Waals surface area contributed by atoms with Crippen molar-refractivity contribution in [2.45, 2.75) is 13.0 Å². The second-order valence-corrected chi connectivity index (χ2v) is 7.40. The third-order valence-corrected chi connectivity index (χ3v) is 4.58. The molecule has 2 aromatic carbocycles. The van der Waals surface area contributed by atoms with Crippen molar-refractivity contribution in [3.8, 4) is 0 Å². The number of hydrogen-bond donors (Lipinski definition) is 2. The van der Waals surface area contributed by atoms with Gasteiger partial charge in [0.1, 0.15) is 0 Å². The van der Waals surface area contributed by atoms with Crippen molar-refractivity contribution in [1.82, 2.24) is 20.4 Å². The number of amides is 2. The fourth-order valence-electron chi connectivity index (χ4n) is 2.87. The number of rotatable bonds is 7. The Bertz CT molecular complexity index is 895. The van der Waals surface area contributed by atoms with Crippen molar-refractivity contribution >= 4 is 41.8 Å². The second kappa shape index (κ2) is 12.9. The van der Waals surface area contributed by atoms with E-state index in [0.717, 1.165) is 17.5 Å². The molecule has 0 saturated heterocycles. The summed E-state index contributed by atoms with van der Waals surface area (Å²) in [6.45, 7) is 1.29. The Morgan fingerprint density at radius 1 is 0.839 bits per heavy atom. The van der Waals surface area contributed by atoms with Crippen LogP contribution in [0.15, 0.2) is 53.5 Å². The number of carbonyl (C=O) groups is 2. The first kappa shape index (κ1) is 26.4. The summed E-state index contributed by atoms with van der Waals surface area (Å²) in [7, 11) is 8.71. The fourth-order valence-corrected chi connectivity index (χ4v) is 2.87. The van der Waals surface area contributed by atoms with E-state index in [1.807, 2.05) is 48.5 Å². The molecule has 0 spiro atoms. The van der Waals surface area contributed by atoms with Gasteiger partial charge in [0.2, 0.25) is 0 Å². The number of nitrogens with one attached hydrogen (secondary N) is 2. The van der Waals surface area contributed by atoms with Crippen molar-refractivity contribution in [1.29, 1.82) is 0 Å². The highest BCUT2D eigenvalue weighted by Crippen LogP contribution is 2.08. The lowest BCUT2D eigenvalue weighted by molar-refractivity contribution is 0.0820. The van der Waals surface area contributed by atoms with Gasteiger partial charge in [0.15, 0.2) is 5.96 Å². The van der Waals surface area contributed by atoms with Crippen LogP contribution in [0.4, 0.5) is 0 Å². The SMILES string of the molecule is CN=C(NCCc1cccc(C(=O)N(C)C)c1)NCc1ccc(C(=O)N(C)C)cc1.I. The maximum absolute atomic E-state index is 12.1. The molecule has 168 valence electrons. The average molecular weight is 537 g/mol. The van der Waals surface area contributed by atoms with Crippen LogP contribution in [0, 0.1) is 0 Å². The number of guanidine groups is 1. The molecule has 0 unspecified atom stereocenters. The first-order chi connectivity index (χ1) is 14.3. The van der Waals surface area contributed by atoms with Gasteiger partial charge in [0.25, 0.3) is 11.8 Å². The maximum atomic E-state index is 12.1. The summed E-state index contributed by atoms with van der Waals surface area (Å²) < 4.78 is 0. The topological polar surface area (TPSA) is 77.0 Å². The highest BCUT2D eigenvalue weighted by molar-refractivity contribution is 14.0. The van der Waals surface area contributed by atoms with Gasteiger partial charge in [-0.05, 0) is 41.8 Å². The third-order valence-electron chi connectivity index (χ3n) is 4.58. The monoisotopic (exact) mass is 537 g/mol. The molecular formula is C23H32IN5O2. The molecule has 2 rings (SSSR count). The highest BCUT2D eigenvalue weighted by atomic mass is 127. The Hall–Kier alpha value is -2.62. The number of halogens is 1. The van der Waals surface area contributed by atoms with Crippen LogP contribution in [0.3, 0.4) is 0 Å². The number of benzene rings is 2. The van der Waals surface area contributed by atoms with E-state index in [-0.39, 0.29) is 35.8 Å². The minimum atomic E-state index is -0.0108. The van der Waals surface area contributed by atoms with Gasteiger partial charge in [-0.3, -0.25) is 14.6 Å². The molecule has 0 radical (unpaired) electrons. The number of hydrogen-bond acceptors (Lipinski definition) is 3. The van der Waals surface area contributed by atoms with Gasteiger partial charge < -0.3 is 20.4 Å². The molecule has 0 aliphatic carbocycles. The van der Waals surface area contributed by atoms with Crippen molar-refractivity contribution in [2.24, 2.45) is 4.99 Å². The largest absolute Gasteiger partial charge is 0.356 e. The molecule has 0 bridgehead atoms. The number of aliphatic imine (C=N–C) groups is 1. The molecule has 2 N–H and O–H groups in total. The van der Waals surface area contributed by atoms with E-state index in [1.54, 1.807) is 45.0 Å². The summed E-state index contributed by atoms with van der Waals surface area (Å²) in [4.78, 5) is 31.4. The molecule has 0 aliphatic rings. The van der Waals surface area contributed by atoms with E-state index >= 15 is 0 Å². The lowest BCUT2D eigenvalue weighted by atomic mass is 10.1. The van der Waals surface area contributed by atoms with Crippen molar-refractivity contribution in [3.05, 3.63) is 70.8 Å². The molecule has 0 heterocycles. The average Bonchev–Trinajstić information content (AvgIpc) is 2.75. The van der Waals surface area contributed by atoms with E-state index in [1.165, 1.54) is 0 Å². The Balaban J connectivity index is 0.00000480. The third kappa shape index (κ3) is 8.20. The Labute approximate surface area is 201 Å². The molecule has 8 heteroatoms. The van der Waals surface area contributed by atoms with E-state index in [0.29, 0.717) is 30.2 Å². The molecule has 31 heavy (non-hydrogen) atoms. The van der Waals surface area contributed by atoms with Gasteiger partial charge in [-0.2, -0.15) is 0 Å². The quantitative estimate of drug-likeness (QED) is 0.324. The summed E-state index contributed by atoms with van der Waals surface area (Å²) in [5.41, 5.74) is 3.51. The fraction of sp³-hybridized carbons (Fsp3) is 0.348. The van der Waals surface area contributed by atoms with Gasteiger partial charge in [0.05, 0.1) is 0 Å². The number of nitrogens with zero attached hydrogens (tertiary/aromatic N) is 3. The summed E-state index contributed by atoms with van der Waals surface area (Å²) in [6.07, 6.45) is 0.774. The van der Waals surface area contributed by atoms with Crippen LogP contribution in [-0.4, -0.2) is 69.4 Å². The molecule has 7 nitrogen and oxygen atoms in total. The lowest BCUT2D eigenvalue weighted by Crippen LogP contribution is -2.37. The minimum absolute atomic E-state index is 0. The zero-order valence-electron chi connectivity index (χ0n) is 18.8. The normalized spacial score (nSPS) is 10.7. The van der Waals surface area contributed by atoms with Crippen LogP contribution in [-0.2, 0) is 13.0 Å². The lowest BCUT2D eigenvalue weighted by Gasteiger charge is -2.14. The molecule has 2 amide bonds. The van der Waals surface area contributed by atoms with Gasteiger partial charge in [-0.1, -0.05) is 24.3 Å². The Kier molecular flexibility index (Phi) is 11.0.